The lowest BCUT2D eigenvalue weighted by molar-refractivity contribution is 0.0820. The van der Waals surface area contributed by atoms with Crippen molar-refractivity contribution in [3.8, 4) is 0 Å². The number of hydrogen-bond acceptors (Lipinski definition) is 4. The fourth-order valence-electron chi connectivity index (χ4n) is 2.83. The van der Waals surface area contributed by atoms with Gasteiger partial charge in [0.2, 0.25) is 0 Å². The zero-order chi connectivity index (χ0) is 13.3. The van der Waals surface area contributed by atoms with E-state index < -0.39 is 5.54 Å². The Balaban J connectivity index is 2.32. The molecule has 0 bridgehead atoms. The third kappa shape index (κ3) is 2.38. The summed E-state index contributed by atoms with van der Waals surface area (Å²) in [5.74, 6) is 0.725. The van der Waals surface area contributed by atoms with Gasteiger partial charge in [-0.1, -0.05) is 19.8 Å². The van der Waals surface area contributed by atoms with Gasteiger partial charge in [-0.05, 0) is 37.3 Å². The summed E-state index contributed by atoms with van der Waals surface area (Å²) in [6, 6.07) is 1.79. The van der Waals surface area contributed by atoms with E-state index in [0.717, 1.165) is 31.2 Å². The molecule has 98 valence electrons. The van der Waals surface area contributed by atoms with Gasteiger partial charge in [0, 0.05) is 6.20 Å². The van der Waals surface area contributed by atoms with E-state index in [1.807, 2.05) is 6.92 Å². The lowest BCUT2D eigenvalue weighted by Crippen LogP contribution is -2.51. The van der Waals surface area contributed by atoms with Crippen molar-refractivity contribution in [2.24, 2.45) is 11.7 Å². The topological polar surface area (TPSA) is 82.0 Å². The molecule has 0 spiro atoms. The maximum atomic E-state index is 12.6. The van der Waals surface area contributed by atoms with E-state index in [-0.39, 0.29) is 11.6 Å². The van der Waals surface area contributed by atoms with Gasteiger partial charge in [0.05, 0.1) is 11.1 Å². The fourth-order valence-corrected chi connectivity index (χ4v) is 2.83. The van der Waals surface area contributed by atoms with Gasteiger partial charge in [-0.3, -0.25) is 4.79 Å². The molecule has 4 heteroatoms. The molecular weight excluding hydrogens is 226 g/mol. The van der Waals surface area contributed by atoms with Crippen molar-refractivity contribution in [3.05, 3.63) is 23.4 Å². The lowest BCUT2D eigenvalue weighted by Gasteiger charge is -2.35. The quantitative estimate of drug-likeness (QED) is 0.784. The number of hydrogen-bond donors (Lipinski definition) is 2. The molecule has 1 saturated carbocycles. The van der Waals surface area contributed by atoms with Crippen LogP contribution in [0.5, 0.6) is 0 Å². The summed E-state index contributed by atoms with van der Waals surface area (Å²) in [5, 5.41) is 0. The van der Waals surface area contributed by atoms with Gasteiger partial charge >= 0.3 is 0 Å². The zero-order valence-corrected chi connectivity index (χ0v) is 11.1. The van der Waals surface area contributed by atoms with Gasteiger partial charge in [-0.25, -0.2) is 4.98 Å². The number of nitrogens with zero attached hydrogens (tertiary/aromatic N) is 1. The van der Waals surface area contributed by atoms with Crippen LogP contribution >= 0.6 is 0 Å². The maximum absolute atomic E-state index is 12.6. The summed E-state index contributed by atoms with van der Waals surface area (Å²) >= 11 is 0. The molecule has 0 saturated heterocycles. The Bertz CT molecular complexity index is 472. The summed E-state index contributed by atoms with van der Waals surface area (Å²) in [5.41, 5.74) is 12.8. The first kappa shape index (κ1) is 13.0. The molecule has 0 radical (unpaired) electrons. The Morgan fingerprint density at radius 3 is 2.94 bits per heavy atom. The second kappa shape index (κ2) is 4.69. The fraction of sp³-hybridized carbons (Fsp3) is 0.571. The largest absolute Gasteiger partial charge is 0.383 e. The number of carbonyl (C=O) groups excluding carboxylic acids is 1. The number of anilines is 1. The van der Waals surface area contributed by atoms with Crippen LogP contribution in [0.15, 0.2) is 12.3 Å². The smallest absolute Gasteiger partial charge is 0.186 e. The van der Waals surface area contributed by atoms with Gasteiger partial charge in [-0.2, -0.15) is 0 Å². The van der Waals surface area contributed by atoms with Gasteiger partial charge in [0.1, 0.15) is 5.82 Å². The Hall–Kier alpha value is -1.42. The average Bonchev–Trinajstić information content (AvgIpc) is 2.31. The average molecular weight is 247 g/mol. The van der Waals surface area contributed by atoms with Crippen LogP contribution in [0.2, 0.25) is 0 Å². The summed E-state index contributed by atoms with van der Waals surface area (Å²) in [6.45, 7) is 4.04. The highest BCUT2D eigenvalue weighted by molar-refractivity contribution is 6.06. The molecule has 2 rings (SSSR count). The predicted octanol–water partition coefficient (Wildman–Crippen LogP) is 2.06. The minimum absolute atomic E-state index is 0.0530. The van der Waals surface area contributed by atoms with Gasteiger partial charge in [0.25, 0.3) is 0 Å². The van der Waals surface area contributed by atoms with E-state index in [2.05, 4.69) is 11.9 Å². The first-order chi connectivity index (χ1) is 8.42. The van der Waals surface area contributed by atoms with Crippen LogP contribution in [-0.2, 0) is 0 Å². The second-order valence-corrected chi connectivity index (χ2v) is 5.63. The molecule has 4 N–H and O–H groups in total. The number of carbonyl (C=O) groups is 1. The zero-order valence-electron chi connectivity index (χ0n) is 11.1. The molecule has 0 aromatic carbocycles. The molecule has 1 aliphatic rings. The number of aryl methyl sites for hydroxylation is 1. The third-order valence-corrected chi connectivity index (χ3v) is 3.78. The SMILES string of the molecule is Cc1cnc(N)c(C(=O)C2(N)CCCC(C)C2)c1. The number of nitrogen functional groups attached to an aromatic ring is 1. The van der Waals surface area contributed by atoms with E-state index >= 15 is 0 Å². The molecule has 2 atom stereocenters. The Labute approximate surface area is 108 Å². The highest BCUT2D eigenvalue weighted by Gasteiger charge is 2.39. The molecular formula is C14H21N3O. The summed E-state index contributed by atoms with van der Waals surface area (Å²) in [4.78, 5) is 16.6. The predicted molar refractivity (Wildman–Crippen MR) is 72.3 cm³/mol. The van der Waals surface area contributed by atoms with Crippen LogP contribution in [0.4, 0.5) is 5.82 Å². The van der Waals surface area contributed by atoms with Crippen LogP contribution in [-0.4, -0.2) is 16.3 Å². The Kier molecular flexibility index (Phi) is 3.39. The van der Waals surface area contributed by atoms with Crippen molar-refractivity contribution in [2.75, 3.05) is 5.73 Å². The molecule has 1 aliphatic carbocycles. The van der Waals surface area contributed by atoms with Crippen LogP contribution in [0.3, 0.4) is 0 Å². The molecule has 1 aromatic rings. The van der Waals surface area contributed by atoms with E-state index in [1.54, 1.807) is 12.3 Å². The molecule has 1 heterocycles. The molecule has 0 aliphatic heterocycles. The molecule has 1 fully saturated rings. The highest BCUT2D eigenvalue weighted by Crippen LogP contribution is 2.33. The van der Waals surface area contributed by atoms with Gasteiger partial charge < -0.3 is 11.5 Å². The lowest BCUT2D eigenvalue weighted by atomic mass is 9.73. The van der Waals surface area contributed by atoms with E-state index in [9.17, 15) is 4.79 Å². The summed E-state index contributed by atoms with van der Waals surface area (Å²) in [6.07, 6.45) is 5.29. The van der Waals surface area contributed by atoms with E-state index in [4.69, 9.17) is 11.5 Å². The van der Waals surface area contributed by atoms with Crippen molar-refractivity contribution >= 4 is 11.6 Å². The number of aromatic nitrogens is 1. The highest BCUT2D eigenvalue weighted by atomic mass is 16.1. The number of ketones is 1. The minimum Gasteiger partial charge on any atom is -0.383 e. The Morgan fingerprint density at radius 2 is 2.28 bits per heavy atom. The Morgan fingerprint density at radius 1 is 1.56 bits per heavy atom. The minimum atomic E-state index is -0.763. The van der Waals surface area contributed by atoms with Crippen LogP contribution in [0.1, 0.15) is 48.5 Å². The molecule has 2 unspecified atom stereocenters. The maximum Gasteiger partial charge on any atom is 0.186 e. The first-order valence-electron chi connectivity index (χ1n) is 6.48. The van der Waals surface area contributed by atoms with Gasteiger partial charge in [0.15, 0.2) is 5.78 Å². The molecule has 4 nitrogen and oxygen atoms in total. The molecule has 0 amide bonds. The van der Waals surface area contributed by atoms with Gasteiger partial charge in [-0.15, -0.1) is 0 Å². The van der Waals surface area contributed by atoms with E-state index in [1.165, 1.54) is 0 Å². The van der Waals surface area contributed by atoms with Crippen molar-refractivity contribution in [1.29, 1.82) is 0 Å². The number of nitrogens with two attached hydrogens (primary N) is 2. The van der Waals surface area contributed by atoms with Crippen LogP contribution in [0.25, 0.3) is 0 Å². The molecule has 18 heavy (non-hydrogen) atoms. The van der Waals surface area contributed by atoms with Crippen LogP contribution in [0, 0.1) is 12.8 Å². The first-order valence-corrected chi connectivity index (χ1v) is 6.48. The van der Waals surface area contributed by atoms with Crippen LogP contribution < -0.4 is 11.5 Å². The third-order valence-electron chi connectivity index (χ3n) is 3.78. The van der Waals surface area contributed by atoms with E-state index in [0.29, 0.717) is 11.5 Å². The van der Waals surface area contributed by atoms with Crippen molar-refractivity contribution in [2.45, 2.75) is 45.1 Å². The molecule has 1 aromatic heterocycles. The summed E-state index contributed by atoms with van der Waals surface area (Å²) in [7, 11) is 0. The van der Waals surface area contributed by atoms with Crippen molar-refractivity contribution < 1.29 is 4.79 Å². The van der Waals surface area contributed by atoms with Crippen molar-refractivity contribution in [1.82, 2.24) is 4.98 Å². The monoisotopic (exact) mass is 247 g/mol. The number of pyridine rings is 1. The number of Topliss-reactive ketones (excluding diaryl/α,β-unsaturated/α-hetero) is 1. The standard InChI is InChI=1S/C14H21N3O/c1-9-4-3-5-14(16,7-9)12(18)11-6-10(2)8-17-13(11)15/h6,8-9H,3-5,7,16H2,1-2H3,(H2,15,17). The van der Waals surface area contributed by atoms with Crippen molar-refractivity contribution in [3.63, 3.8) is 0 Å². The second-order valence-electron chi connectivity index (χ2n) is 5.63. The number of rotatable bonds is 2. The summed E-state index contributed by atoms with van der Waals surface area (Å²) < 4.78 is 0. The normalized spacial score (nSPS) is 28.1.